The van der Waals surface area contributed by atoms with Crippen molar-refractivity contribution in [2.24, 2.45) is 0 Å². The molecular formula is C18H28K2O2. The van der Waals surface area contributed by atoms with Gasteiger partial charge >= 0.3 is 103 Å². The maximum Gasteiger partial charge on any atom is 1.00 e. The van der Waals surface area contributed by atoms with Gasteiger partial charge in [-0.1, -0.05) is 27.7 Å². The van der Waals surface area contributed by atoms with E-state index in [9.17, 15) is 0 Å². The Balaban J connectivity index is -0.000000247. The topological polar surface area (TPSA) is 18.5 Å². The van der Waals surface area contributed by atoms with Gasteiger partial charge in [0.2, 0.25) is 0 Å². The summed E-state index contributed by atoms with van der Waals surface area (Å²) in [6.07, 6.45) is 0. The van der Waals surface area contributed by atoms with E-state index in [1.165, 1.54) is 22.3 Å². The smallest absolute Gasteiger partial charge is 0.382 e. The average Bonchev–Trinajstić information content (AvgIpc) is 3.08. The molecule has 0 fully saturated rings. The quantitative estimate of drug-likeness (QED) is 0.373. The van der Waals surface area contributed by atoms with Gasteiger partial charge in [0.1, 0.15) is 0 Å². The molecule has 0 amide bonds. The number of aryl methyl sites for hydroxylation is 2. The molecule has 114 valence electrons. The Hall–Kier alpha value is 1.89. The molecule has 0 bridgehead atoms. The molecule has 0 unspecified atom stereocenters. The predicted molar refractivity (Wildman–Crippen MR) is 86.8 cm³/mol. The first-order valence-electron chi connectivity index (χ1n) is 6.89. The molecule has 0 saturated heterocycles. The minimum Gasteiger partial charge on any atom is -0.382 e. The van der Waals surface area contributed by atoms with Crippen molar-refractivity contribution in [2.75, 3.05) is 27.4 Å². The van der Waals surface area contributed by atoms with Gasteiger partial charge in [0.15, 0.2) is 0 Å². The summed E-state index contributed by atoms with van der Waals surface area (Å²) < 4.78 is 9.31. The first-order valence-corrected chi connectivity index (χ1v) is 6.89. The zero-order valence-corrected chi connectivity index (χ0v) is 21.9. The Labute approximate surface area is 221 Å². The first kappa shape index (κ1) is 28.7. The fourth-order valence-corrected chi connectivity index (χ4v) is 1.62. The van der Waals surface area contributed by atoms with Gasteiger partial charge in [-0.25, -0.2) is 18.2 Å². The van der Waals surface area contributed by atoms with Crippen molar-refractivity contribution in [3.8, 4) is 0 Å². The van der Waals surface area contributed by atoms with E-state index in [0.29, 0.717) is 13.2 Å². The Bertz CT molecular complexity index is 390. The van der Waals surface area contributed by atoms with E-state index in [1.54, 1.807) is 14.2 Å². The van der Waals surface area contributed by atoms with E-state index in [-0.39, 0.29) is 103 Å². The van der Waals surface area contributed by atoms with Gasteiger partial charge in [-0.15, -0.1) is 0 Å². The summed E-state index contributed by atoms with van der Waals surface area (Å²) in [4.78, 5) is 0. The Kier molecular flexibility index (Phi) is 25.1. The van der Waals surface area contributed by atoms with Crippen molar-refractivity contribution >= 4 is 0 Å². The molecule has 2 rings (SSSR count). The number of rotatable bonds is 3. The van der Waals surface area contributed by atoms with Crippen LogP contribution < -0.4 is 103 Å². The molecule has 2 aromatic rings. The summed E-state index contributed by atoms with van der Waals surface area (Å²) in [7, 11) is 3.30. The van der Waals surface area contributed by atoms with Crippen molar-refractivity contribution in [3.05, 3.63) is 58.7 Å². The average molecular weight is 355 g/mol. The molecule has 0 spiro atoms. The van der Waals surface area contributed by atoms with E-state index < -0.39 is 0 Å². The van der Waals surface area contributed by atoms with E-state index in [0.717, 1.165) is 0 Å². The van der Waals surface area contributed by atoms with Crippen molar-refractivity contribution in [1.82, 2.24) is 0 Å². The number of hydrogen-bond donors (Lipinski definition) is 0. The molecule has 0 aliphatic rings. The van der Waals surface area contributed by atoms with Crippen molar-refractivity contribution in [1.29, 1.82) is 0 Å². The Morgan fingerprint density at radius 1 is 0.955 bits per heavy atom. The number of hydrogen-bond acceptors (Lipinski definition) is 2. The van der Waals surface area contributed by atoms with Gasteiger partial charge in [0, 0.05) is 14.2 Å². The normalized spacial score (nSPS) is 8.45. The van der Waals surface area contributed by atoms with Crippen LogP contribution in [0.15, 0.2) is 36.4 Å². The molecule has 4 heteroatoms. The molecule has 2 aromatic carbocycles. The van der Waals surface area contributed by atoms with E-state index in [1.807, 2.05) is 30.3 Å². The molecule has 0 saturated carbocycles. The van der Waals surface area contributed by atoms with Gasteiger partial charge in [0.25, 0.3) is 0 Å². The van der Waals surface area contributed by atoms with Crippen LogP contribution in [-0.4, -0.2) is 27.4 Å². The molecule has 0 atom stereocenters. The van der Waals surface area contributed by atoms with E-state index in [4.69, 9.17) is 0 Å². The maximum atomic E-state index is 4.66. The monoisotopic (exact) mass is 354 g/mol. The minimum absolute atomic E-state index is 0. The fourth-order valence-electron chi connectivity index (χ4n) is 1.62. The first-order chi connectivity index (χ1) is 9.54. The largest absolute Gasteiger partial charge is 1.00 e. The number of methoxy groups -OCH3 is 2. The molecule has 0 N–H and O–H groups in total. The van der Waals surface area contributed by atoms with Gasteiger partial charge in [-0.3, -0.25) is 0 Å². The minimum atomic E-state index is 0. The fraction of sp³-hybridized carbons (Fsp3) is 0.444. The van der Waals surface area contributed by atoms with Crippen LogP contribution >= 0.6 is 0 Å². The summed E-state index contributed by atoms with van der Waals surface area (Å²) in [5, 5.41) is 0. The van der Waals surface area contributed by atoms with Gasteiger partial charge in [0.05, 0.1) is 13.2 Å². The van der Waals surface area contributed by atoms with Crippen LogP contribution in [0.25, 0.3) is 0 Å². The Morgan fingerprint density at radius 3 is 1.55 bits per heavy atom. The second-order valence-corrected chi connectivity index (χ2v) is 4.71. The molecule has 0 aliphatic carbocycles. The summed E-state index contributed by atoms with van der Waals surface area (Å²) >= 11 is 0. The second-order valence-electron chi connectivity index (χ2n) is 4.71. The summed E-state index contributed by atoms with van der Waals surface area (Å²) in [5.74, 6) is 0. The maximum absolute atomic E-state index is 4.66. The molecular weight excluding hydrogens is 326 g/mol. The molecule has 0 radical (unpaired) electrons. The molecule has 0 aromatic heterocycles. The van der Waals surface area contributed by atoms with E-state index in [2.05, 4.69) is 43.2 Å². The standard InChI is InChI=1S/C9H13.C5H5.C4H10O2.2K/c1-6-5-7(2)9(4)8(6)3;1-2-4-5-3-1;1-5-3-4-6-2;;/h5H,1-4H3;1-5H;3-4H2,1-2H3;;/q2*-1;;2*+1. The summed E-state index contributed by atoms with van der Waals surface area (Å²) in [6, 6.07) is 12.2. The molecule has 2 nitrogen and oxygen atoms in total. The van der Waals surface area contributed by atoms with Crippen LogP contribution in [0.3, 0.4) is 0 Å². The van der Waals surface area contributed by atoms with Crippen LogP contribution in [-0.2, 0) is 9.47 Å². The Morgan fingerprint density at radius 2 is 1.41 bits per heavy atom. The molecule has 0 aliphatic heterocycles. The summed E-state index contributed by atoms with van der Waals surface area (Å²) in [6.45, 7) is 10.1. The van der Waals surface area contributed by atoms with Crippen LogP contribution in [0.4, 0.5) is 0 Å². The van der Waals surface area contributed by atoms with Gasteiger partial charge in [-0.2, -0.15) is 40.5 Å². The van der Waals surface area contributed by atoms with Crippen molar-refractivity contribution in [2.45, 2.75) is 27.7 Å². The van der Waals surface area contributed by atoms with Gasteiger partial charge < -0.3 is 9.47 Å². The summed E-state index contributed by atoms with van der Waals surface area (Å²) in [5.41, 5.74) is 5.75. The second kappa shape index (κ2) is 19.2. The SMILES string of the molecule is COCCOC.Cc1cc(C)[c-](C)c1C.[K+].[K+].c1cc[cH-]c1. The predicted octanol–water partition coefficient (Wildman–Crippen LogP) is -1.67. The third kappa shape index (κ3) is 14.3. The van der Waals surface area contributed by atoms with Crippen LogP contribution in [0.5, 0.6) is 0 Å². The van der Waals surface area contributed by atoms with Crippen LogP contribution in [0.2, 0.25) is 0 Å². The van der Waals surface area contributed by atoms with Crippen molar-refractivity contribution < 1.29 is 112 Å². The third-order valence-electron chi connectivity index (χ3n) is 3.23. The van der Waals surface area contributed by atoms with Crippen LogP contribution in [0.1, 0.15) is 22.3 Å². The van der Waals surface area contributed by atoms with Gasteiger partial charge in [-0.05, 0) is 0 Å². The zero-order valence-electron chi connectivity index (χ0n) is 15.7. The number of ether oxygens (including phenoxy) is 2. The molecule has 0 heterocycles. The molecule has 22 heavy (non-hydrogen) atoms. The third-order valence-corrected chi connectivity index (χ3v) is 3.23. The van der Waals surface area contributed by atoms with E-state index >= 15 is 0 Å². The van der Waals surface area contributed by atoms with Crippen molar-refractivity contribution in [3.63, 3.8) is 0 Å². The zero-order chi connectivity index (χ0) is 15.4. The van der Waals surface area contributed by atoms with Crippen LogP contribution in [0, 0.1) is 27.7 Å².